The number of nitrogens with zero attached hydrogens (tertiary/aromatic N) is 1. The molecule has 3 nitrogen and oxygen atoms in total. The van der Waals surface area contributed by atoms with Gasteiger partial charge in [-0.3, -0.25) is 4.90 Å². The molecule has 0 saturated heterocycles. The van der Waals surface area contributed by atoms with Crippen LogP contribution in [-0.4, -0.2) is 42.3 Å². The van der Waals surface area contributed by atoms with E-state index >= 15 is 0 Å². The highest BCUT2D eigenvalue weighted by molar-refractivity contribution is 6.30. The lowest BCUT2D eigenvalue weighted by Crippen LogP contribution is -2.46. The van der Waals surface area contributed by atoms with Crippen molar-refractivity contribution in [3.8, 4) is 0 Å². The van der Waals surface area contributed by atoms with E-state index in [1.165, 1.54) is 17.7 Å². The molecule has 134 valence electrons. The molecule has 0 aromatic rings. The van der Waals surface area contributed by atoms with Crippen LogP contribution < -0.4 is 5.32 Å². The summed E-state index contributed by atoms with van der Waals surface area (Å²) in [7, 11) is 1.97. The number of halogens is 1. The second-order valence-electron chi connectivity index (χ2n) is 7.11. The summed E-state index contributed by atoms with van der Waals surface area (Å²) in [6, 6.07) is 0. The van der Waals surface area contributed by atoms with Crippen LogP contribution in [-0.2, 0) is 0 Å². The van der Waals surface area contributed by atoms with Gasteiger partial charge in [-0.2, -0.15) is 0 Å². The quantitative estimate of drug-likeness (QED) is 0.682. The molecule has 1 aliphatic carbocycles. The molecule has 24 heavy (non-hydrogen) atoms. The van der Waals surface area contributed by atoms with Crippen molar-refractivity contribution < 1.29 is 5.11 Å². The summed E-state index contributed by atoms with van der Waals surface area (Å²) in [4.78, 5) is 2.41. The third-order valence-electron chi connectivity index (χ3n) is 5.31. The Morgan fingerprint density at radius 1 is 1.46 bits per heavy atom. The van der Waals surface area contributed by atoms with Gasteiger partial charge in [-0.05, 0) is 25.8 Å². The molecule has 4 heteroatoms. The number of hydrogen-bond acceptors (Lipinski definition) is 3. The SMILES string of the molecule is C=C(Cl)/C=C\C=C(/C)C(CN1CC=C(NC)C1)C1(O)CCCCC1. The first-order valence-electron chi connectivity index (χ1n) is 8.95. The molecule has 0 radical (unpaired) electrons. The van der Waals surface area contributed by atoms with Crippen LogP contribution in [0.4, 0.5) is 0 Å². The maximum absolute atomic E-state index is 11.3. The average molecular weight is 351 g/mol. The summed E-state index contributed by atoms with van der Waals surface area (Å²) < 4.78 is 0. The molecule has 2 rings (SSSR count). The third kappa shape index (κ3) is 5.23. The average Bonchev–Trinajstić information content (AvgIpc) is 3.00. The number of rotatable bonds is 7. The molecular weight excluding hydrogens is 320 g/mol. The fourth-order valence-electron chi connectivity index (χ4n) is 3.86. The summed E-state index contributed by atoms with van der Waals surface area (Å²) >= 11 is 5.80. The topological polar surface area (TPSA) is 35.5 Å². The Bertz CT molecular complexity index is 530. The zero-order valence-corrected chi connectivity index (χ0v) is 15.8. The first kappa shape index (κ1) is 19.3. The van der Waals surface area contributed by atoms with Gasteiger partial charge in [0.2, 0.25) is 0 Å². The molecular formula is C20H31ClN2O. The lowest BCUT2D eigenvalue weighted by molar-refractivity contribution is -0.0446. The largest absolute Gasteiger partial charge is 0.391 e. The van der Waals surface area contributed by atoms with Gasteiger partial charge in [-0.25, -0.2) is 0 Å². The van der Waals surface area contributed by atoms with E-state index < -0.39 is 5.60 Å². The normalized spacial score (nSPS) is 23.3. The van der Waals surface area contributed by atoms with Crippen LogP contribution >= 0.6 is 11.6 Å². The van der Waals surface area contributed by atoms with Gasteiger partial charge < -0.3 is 10.4 Å². The van der Waals surface area contributed by atoms with E-state index in [1.54, 1.807) is 6.08 Å². The van der Waals surface area contributed by atoms with Crippen molar-refractivity contribution in [1.82, 2.24) is 10.2 Å². The van der Waals surface area contributed by atoms with E-state index in [4.69, 9.17) is 11.6 Å². The summed E-state index contributed by atoms with van der Waals surface area (Å²) in [6.07, 6.45) is 13.3. The fraction of sp³-hybridized carbons (Fsp3) is 0.600. The van der Waals surface area contributed by atoms with E-state index in [0.29, 0.717) is 5.03 Å². The van der Waals surface area contributed by atoms with Crippen LogP contribution in [0.15, 0.2) is 47.2 Å². The maximum atomic E-state index is 11.3. The van der Waals surface area contributed by atoms with Gasteiger partial charge in [-0.1, -0.05) is 61.2 Å². The number of aliphatic hydroxyl groups is 1. The predicted molar refractivity (Wildman–Crippen MR) is 103 cm³/mol. The highest BCUT2D eigenvalue weighted by atomic mass is 35.5. The molecule has 0 aromatic carbocycles. The minimum Gasteiger partial charge on any atom is -0.391 e. The summed E-state index contributed by atoms with van der Waals surface area (Å²) in [5.41, 5.74) is 1.89. The Morgan fingerprint density at radius 2 is 2.17 bits per heavy atom. The van der Waals surface area contributed by atoms with E-state index in [2.05, 4.69) is 35.9 Å². The van der Waals surface area contributed by atoms with E-state index in [9.17, 15) is 5.11 Å². The van der Waals surface area contributed by atoms with Gasteiger partial charge >= 0.3 is 0 Å². The zero-order chi connectivity index (χ0) is 17.6. The second-order valence-corrected chi connectivity index (χ2v) is 7.59. The monoisotopic (exact) mass is 350 g/mol. The van der Waals surface area contributed by atoms with Crippen molar-refractivity contribution in [2.75, 3.05) is 26.7 Å². The molecule has 1 atom stereocenters. The molecule has 0 aromatic heterocycles. The zero-order valence-electron chi connectivity index (χ0n) is 15.0. The van der Waals surface area contributed by atoms with Crippen LogP contribution in [0.25, 0.3) is 0 Å². The fourth-order valence-corrected chi connectivity index (χ4v) is 3.93. The van der Waals surface area contributed by atoms with Gasteiger partial charge in [0.05, 0.1) is 5.60 Å². The molecule has 2 N–H and O–H groups in total. The minimum atomic E-state index is -0.590. The Hall–Kier alpha value is -1.03. The van der Waals surface area contributed by atoms with E-state index in [0.717, 1.165) is 45.3 Å². The van der Waals surface area contributed by atoms with Crippen LogP contribution in [0, 0.1) is 5.92 Å². The van der Waals surface area contributed by atoms with Crippen LogP contribution in [0.2, 0.25) is 0 Å². The van der Waals surface area contributed by atoms with Crippen LogP contribution in [0.1, 0.15) is 39.0 Å². The first-order chi connectivity index (χ1) is 11.4. The van der Waals surface area contributed by atoms with Gasteiger partial charge in [0.25, 0.3) is 0 Å². The smallest absolute Gasteiger partial charge is 0.0725 e. The van der Waals surface area contributed by atoms with Crippen LogP contribution in [0.3, 0.4) is 0 Å². The Labute approximate surface area is 151 Å². The molecule has 1 heterocycles. The van der Waals surface area contributed by atoms with Crippen molar-refractivity contribution in [2.24, 2.45) is 5.92 Å². The molecule has 0 bridgehead atoms. The minimum absolute atomic E-state index is 0.149. The molecule has 1 saturated carbocycles. The van der Waals surface area contributed by atoms with Gasteiger partial charge in [0, 0.05) is 43.3 Å². The molecule has 1 aliphatic heterocycles. The number of allylic oxidation sites excluding steroid dienone is 4. The molecule has 2 aliphatic rings. The standard InChI is InChI=1S/C20H31ClN2O/c1-16(8-7-9-17(2)21)19(20(24)11-5-4-6-12-20)15-23-13-10-18(14-23)22-3/h7-10,19,22,24H,2,4-6,11-15H2,1,3H3/b9-7-,16-8+. The second kappa shape index (κ2) is 8.89. The van der Waals surface area contributed by atoms with Crippen LogP contribution in [0.5, 0.6) is 0 Å². The number of nitrogens with one attached hydrogen (secondary N) is 1. The van der Waals surface area contributed by atoms with Gasteiger partial charge in [-0.15, -0.1) is 0 Å². The molecule has 1 unspecified atom stereocenters. The summed E-state index contributed by atoms with van der Waals surface area (Å²) in [5, 5.41) is 15.1. The lowest BCUT2D eigenvalue weighted by Gasteiger charge is -2.41. The molecule has 1 fully saturated rings. The Morgan fingerprint density at radius 3 is 2.75 bits per heavy atom. The predicted octanol–water partition coefficient (Wildman–Crippen LogP) is 3.97. The third-order valence-corrected chi connectivity index (χ3v) is 5.43. The van der Waals surface area contributed by atoms with Crippen molar-refractivity contribution in [3.63, 3.8) is 0 Å². The summed E-state index contributed by atoms with van der Waals surface area (Å²) in [5.74, 6) is 0.149. The molecule has 0 spiro atoms. The summed E-state index contributed by atoms with van der Waals surface area (Å²) in [6.45, 7) is 8.57. The number of likely N-dealkylation sites (N-methyl/N-ethyl adjacent to an activating group) is 1. The Kier molecular flexibility index (Phi) is 7.15. The van der Waals surface area contributed by atoms with Crippen molar-refractivity contribution in [3.05, 3.63) is 47.2 Å². The maximum Gasteiger partial charge on any atom is 0.0725 e. The van der Waals surface area contributed by atoms with Gasteiger partial charge in [0.15, 0.2) is 0 Å². The highest BCUT2D eigenvalue weighted by Gasteiger charge is 2.39. The van der Waals surface area contributed by atoms with Crippen molar-refractivity contribution >= 4 is 11.6 Å². The lowest BCUT2D eigenvalue weighted by atomic mass is 9.72. The first-order valence-corrected chi connectivity index (χ1v) is 9.33. The number of hydrogen-bond donors (Lipinski definition) is 2. The van der Waals surface area contributed by atoms with Crippen molar-refractivity contribution in [1.29, 1.82) is 0 Å². The highest BCUT2D eigenvalue weighted by Crippen LogP contribution is 2.38. The Balaban J connectivity index is 2.13. The van der Waals surface area contributed by atoms with E-state index in [-0.39, 0.29) is 5.92 Å². The van der Waals surface area contributed by atoms with Gasteiger partial charge in [0.1, 0.15) is 0 Å². The molecule has 0 amide bonds. The van der Waals surface area contributed by atoms with Crippen molar-refractivity contribution in [2.45, 2.75) is 44.6 Å². The van der Waals surface area contributed by atoms with E-state index in [1.807, 2.05) is 13.1 Å².